The first-order valence-electron chi connectivity index (χ1n) is 6.05. The van der Waals surface area contributed by atoms with Crippen LogP contribution in [-0.2, 0) is 14.8 Å². The number of hydrogen-bond donors (Lipinski definition) is 1. The van der Waals surface area contributed by atoms with Crippen molar-refractivity contribution in [3.63, 3.8) is 0 Å². The van der Waals surface area contributed by atoms with E-state index in [9.17, 15) is 27.1 Å². The molecule has 5 nitrogen and oxygen atoms in total. The number of hydrogen-bond acceptors (Lipinski definition) is 3. The van der Waals surface area contributed by atoms with Gasteiger partial charge in [-0.15, -0.1) is 0 Å². The Bertz CT molecular complexity index is 671. The van der Waals surface area contributed by atoms with Crippen molar-refractivity contribution in [3.8, 4) is 0 Å². The maximum absolute atomic E-state index is 13.9. The van der Waals surface area contributed by atoms with Gasteiger partial charge in [0.15, 0.2) is 0 Å². The van der Waals surface area contributed by atoms with Gasteiger partial charge in [0, 0.05) is 17.1 Å². The second-order valence-corrected chi connectivity index (χ2v) is 7.55. The molecule has 2 rings (SSSR count). The highest BCUT2D eigenvalue weighted by Gasteiger charge is 2.45. The summed E-state index contributed by atoms with van der Waals surface area (Å²) in [5.41, 5.74) is 0. The van der Waals surface area contributed by atoms with E-state index in [1.54, 1.807) is 6.92 Å². The van der Waals surface area contributed by atoms with E-state index in [0.717, 1.165) is 10.4 Å². The van der Waals surface area contributed by atoms with Crippen LogP contribution in [0.25, 0.3) is 0 Å². The number of carboxylic acids is 1. The third kappa shape index (κ3) is 2.82. The summed E-state index contributed by atoms with van der Waals surface area (Å²) >= 11 is 2.82. The molecule has 0 spiro atoms. The summed E-state index contributed by atoms with van der Waals surface area (Å²) in [5.74, 6) is -3.87. The van der Waals surface area contributed by atoms with Crippen LogP contribution in [0.3, 0.4) is 0 Å². The molecule has 0 saturated carbocycles. The topological polar surface area (TPSA) is 74.7 Å². The van der Waals surface area contributed by atoms with E-state index >= 15 is 0 Å². The minimum absolute atomic E-state index is 0.0241. The lowest BCUT2D eigenvalue weighted by Gasteiger charge is -2.23. The lowest BCUT2D eigenvalue weighted by Crippen LogP contribution is -2.43. The molecule has 1 aliphatic rings. The van der Waals surface area contributed by atoms with Gasteiger partial charge in [0.2, 0.25) is 10.0 Å². The Morgan fingerprint density at radius 2 is 2.05 bits per heavy atom. The average molecular weight is 384 g/mol. The number of carbonyl (C=O) groups is 1. The minimum atomic E-state index is -4.38. The van der Waals surface area contributed by atoms with Crippen LogP contribution in [0.1, 0.15) is 13.3 Å². The zero-order valence-corrected chi connectivity index (χ0v) is 13.3. The maximum atomic E-state index is 13.9. The number of nitrogens with zero attached hydrogens (tertiary/aromatic N) is 1. The van der Waals surface area contributed by atoms with Crippen LogP contribution in [0.15, 0.2) is 21.5 Å². The smallest absolute Gasteiger partial charge is 0.322 e. The van der Waals surface area contributed by atoms with E-state index in [0.29, 0.717) is 12.5 Å². The van der Waals surface area contributed by atoms with Gasteiger partial charge in [0.25, 0.3) is 0 Å². The molecule has 1 fully saturated rings. The van der Waals surface area contributed by atoms with Crippen molar-refractivity contribution >= 4 is 31.9 Å². The van der Waals surface area contributed by atoms with Gasteiger partial charge in [-0.1, -0.05) is 6.92 Å². The number of carboxylic acid groups (broad SMARTS) is 1. The van der Waals surface area contributed by atoms with Crippen LogP contribution in [-0.4, -0.2) is 36.4 Å². The quantitative estimate of drug-likeness (QED) is 0.867. The highest BCUT2D eigenvalue weighted by Crippen LogP contribution is 2.34. The molecular formula is C12H12BrF2NO4S. The summed E-state index contributed by atoms with van der Waals surface area (Å²) in [4.78, 5) is 10.5. The average Bonchev–Trinajstić information content (AvgIpc) is 2.69. The lowest BCUT2D eigenvalue weighted by molar-refractivity contribution is -0.141. The zero-order valence-electron chi connectivity index (χ0n) is 10.9. The molecule has 1 aliphatic heterocycles. The summed E-state index contributed by atoms with van der Waals surface area (Å²) in [6.45, 7) is 1.59. The van der Waals surface area contributed by atoms with Gasteiger partial charge >= 0.3 is 5.97 Å². The standard InChI is InChI=1S/C12H12BrF2NO4S/c1-6-2-3-16(10(6)12(17)18)21(19,20)11-8(13)4-7(14)5-9(11)15/h4-6,10H,2-3H2,1H3,(H,17,18). The van der Waals surface area contributed by atoms with Crippen LogP contribution < -0.4 is 0 Å². The first kappa shape index (κ1) is 16.3. The van der Waals surface area contributed by atoms with Crippen LogP contribution in [0.5, 0.6) is 0 Å². The molecular weight excluding hydrogens is 372 g/mol. The molecule has 2 unspecified atom stereocenters. The fraction of sp³-hybridized carbons (Fsp3) is 0.417. The molecule has 1 heterocycles. The summed E-state index contributed by atoms with van der Waals surface area (Å²) in [6, 6.07) is 0.0179. The van der Waals surface area contributed by atoms with Crippen molar-refractivity contribution in [1.82, 2.24) is 4.31 Å². The van der Waals surface area contributed by atoms with Gasteiger partial charge in [-0.3, -0.25) is 4.79 Å². The molecule has 0 aliphatic carbocycles. The van der Waals surface area contributed by atoms with Gasteiger partial charge < -0.3 is 5.11 Å². The van der Waals surface area contributed by atoms with E-state index in [1.807, 2.05) is 0 Å². The van der Waals surface area contributed by atoms with Crippen molar-refractivity contribution in [1.29, 1.82) is 0 Å². The number of aliphatic carboxylic acids is 1. The highest BCUT2D eigenvalue weighted by atomic mass is 79.9. The predicted molar refractivity (Wildman–Crippen MR) is 73.2 cm³/mol. The highest BCUT2D eigenvalue weighted by molar-refractivity contribution is 9.10. The second kappa shape index (κ2) is 5.62. The van der Waals surface area contributed by atoms with E-state index in [-0.39, 0.29) is 16.9 Å². The van der Waals surface area contributed by atoms with Crippen LogP contribution in [0.4, 0.5) is 8.78 Å². The number of rotatable bonds is 3. The molecule has 1 aromatic carbocycles. The third-order valence-corrected chi connectivity index (χ3v) is 6.28. The van der Waals surface area contributed by atoms with E-state index in [2.05, 4.69) is 15.9 Å². The Kier molecular flexibility index (Phi) is 4.36. The van der Waals surface area contributed by atoms with Crippen LogP contribution in [0, 0.1) is 17.6 Å². The van der Waals surface area contributed by atoms with Crippen molar-refractivity contribution < 1.29 is 27.1 Å². The Morgan fingerprint density at radius 3 is 2.57 bits per heavy atom. The van der Waals surface area contributed by atoms with Crippen LogP contribution in [0.2, 0.25) is 0 Å². The minimum Gasteiger partial charge on any atom is -0.480 e. The second-order valence-electron chi connectivity index (χ2n) is 4.86. The third-order valence-electron chi connectivity index (χ3n) is 3.44. The molecule has 21 heavy (non-hydrogen) atoms. The molecule has 0 bridgehead atoms. The van der Waals surface area contributed by atoms with Crippen molar-refractivity contribution in [2.45, 2.75) is 24.3 Å². The summed E-state index contributed by atoms with van der Waals surface area (Å²) in [6.07, 6.45) is 0.358. The molecule has 1 N–H and O–H groups in total. The first-order chi connectivity index (χ1) is 9.66. The predicted octanol–water partition coefficient (Wildman–Crippen LogP) is 2.21. The Balaban J connectivity index is 2.55. The normalized spacial score (nSPS) is 23.4. The fourth-order valence-corrected chi connectivity index (χ4v) is 5.25. The van der Waals surface area contributed by atoms with Gasteiger partial charge in [-0.2, -0.15) is 4.31 Å². The van der Waals surface area contributed by atoms with Crippen LogP contribution >= 0.6 is 15.9 Å². The fourth-order valence-electron chi connectivity index (χ4n) is 2.44. The van der Waals surface area contributed by atoms with Crippen molar-refractivity contribution in [2.24, 2.45) is 5.92 Å². The first-order valence-corrected chi connectivity index (χ1v) is 8.28. The van der Waals surface area contributed by atoms with Gasteiger partial charge in [0.1, 0.15) is 22.6 Å². The number of sulfonamides is 1. The lowest BCUT2D eigenvalue weighted by atomic mass is 10.0. The molecule has 0 amide bonds. The molecule has 0 radical (unpaired) electrons. The Morgan fingerprint density at radius 1 is 1.43 bits per heavy atom. The SMILES string of the molecule is CC1CCN(S(=O)(=O)c2c(F)cc(F)cc2Br)C1C(=O)O. The summed E-state index contributed by atoms with van der Waals surface area (Å²) in [7, 11) is -4.38. The molecule has 0 aromatic heterocycles. The van der Waals surface area contributed by atoms with Gasteiger partial charge in [0.05, 0.1) is 0 Å². The molecule has 116 valence electrons. The van der Waals surface area contributed by atoms with Crippen molar-refractivity contribution in [2.75, 3.05) is 6.54 Å². The van der Waals surface area contributed by atoms with E-state index in [1.165, 1.54) is 0 Å². The summed E-state index contributed by atoms with van der Waals surface area (Å²) < 4.78 is 52.4. The Labute approximate surface area is 128 Å². The largest absolute Gasteiger partial charge is 0.480 e. The summed E-state index contributed by atoms with van der Waals surface area (Å²) in [5, 5.41) is 9.18. The molecule has 1 aromatic rings. The van der Waals surface area contributed by atoms with Gasteiger partial charge in [-0.25, -0.2) is 17.2 Å². The molecule has 1 saturated heterocycles. The monoisotopic (exact) mass is 383 g/mol. The van der Waals surface area contributed by atoms with Crippen molar-refractivity contribution in [3.05, 3.63) is 28.2 Å². The van der Waals surface area contributed by atoms with Gasteiger partial charge in [-0.05, 0) is 34.3 Å². The number of benzene rings is 1. The van der Waals surface area contributed by atoms with E-state index in [4.69, 9.17) is 0 Å². The number of halogens is 3. The van der Waals surface area contributed by atoms with E-state index < -0.39 is 38.6 Å². The maximum Gasteiger partial charge on any atom is 0.322 e. The molecule has 9 heteroatoms. The Hall–Kier alpha value is -1.06. The zero-order chi connectivity index (χ0) is 15.9. The molecule has 2 atom stereocenters.